The van der Waals surface area contributed by atoms with Gasteiger partial charge in [-0.2, -0.15) is 0 Å². The third kappa shape index (κ3) is 11.2. The van der Waals surface area contributed by atoms with Gasteiger partial charge >= 0.3 is 35.8 Å². The number of hydrogen-bond donors (Lipinski definition) is 6. The minimum atomic E-state index is -2.56. The molecule has 0 fully saturated rings. The Hall–Kier alpha value is -3.30. The summed E-state index contributed by atoms with van der Waals surface area (Å²) in [6.07, 6.45) is -5.01. The normalized spacial score (nSPS) is 12.9. The lowest BCUT2D eigenvalue weighted by atomic mass is 10.2. The second-order valence-electron chi connectivity index (χ2n) is 5.63. The molecule has 15 nitrogen and oxygen atoms in total. The van der Waals surface area contributed by atoms with Crippen molar-refractivity contribution in [2.45, 2.75) is 12.2 Å². The molecular formula is C14H20N2O13. The van der Waals surface area contributed by atoms with Crippen molar-refractivity contribution in [1.82, 2.24) is 9.80 Å². The van der Waals surface area contributed by atoms with E-state index in [9.17, 15) is 33.9 Å². The molecule has 0 aromatic rings. The lowest BCUT2D eigenvalue weighted by Gasteiger charge is -2.25. The second kappa shape index (κ2) is 12.2. The summed E-state index contributed by atoms with van der Waals surface area (Å²) >= 11 is 0. The van der Waals surface area contributed by atoms with Crippen LogP contribution in [-0.2, 0) is 33.5 Å². The number of ether oxygens (including phenoxy) is 1. The zero-order valence-electron chi connectivity index (χ0n) is 14.8. The van der Waals surface area contributed by atoms with E-state index in [1.54, 1.807) is 0 Å². The molecule has 0 radical (unpaired) electrons. The largest absolute Gasteiger partial charge is 0.480 e. The second-order valence-corrected chi connectivity index (χ2v) is 5.63. The van der Waals surface area contributed by atoms with Gasteiger partial charge in [0.1, 0.15) is 0 Å². The van der Waals surface area contributed by atoms with E-state index in [0.717, 1.165) is 9.80 Å². The fourth-order valence-electron chi connectivity index (χ4n) is 2.03. The number of hydrogen-bond acceptors (Lipinski definition) is 10. The number of esters is 1. The van der Waals surface area contributed by atoms with E-state index in [1.807, 2.05) is 0 Å². The summed E-state index contributed by atoms with van der Waals surface area (Å²) in [5.41, 5.74) is 0. The Kier molecular flexibility index (Phi) is 10.8. The van der Waals surface area contributed by atoms with Crippen molar-refractivity contribution >= 4 is 35.8 Å². The van der Waals surface area contributed by atoms with E-state index in [-0.39, 0.29) is 13.1 Å². The van der Waals surface area contributed by atoms with Crippen LogP contribution in [0.1, 0.15) is 0 Å². The molecule has 0 aliphatic carbocycles. The Labute approximate surface area is 162 Å². The highest BCUT2D eigenvalue weighted by molar-refractivity contribution is 5.86. The summed E-state index contributed by atoms with van der Waals surface area (Å²) in [4.78, 5) is 67.7. The topological polar surface area (TPSA) is 240 Å². The predicted molar refractivity (Wildman–Crippen MR) is 86.9 cm³/mol. The Morgan fingerprint density at radius 2 is 1.03 bits per heavy atom. The van der Waals surface area contributed by atoms with Crippen LogP contribution in [0.25, 0.3) is 0 Å². The molecule has 0 aromatic heterocycles. The first-order chi connectivity index (χ1) is 13.3. The summed E-state index contributed by atoms with van der Waals surface area (Å²) in [5.74, 6) is -9.40. The van der Waals surface area contributed by atoms with Crippen molar-refractivity contribution in [1.29, 1.82) is 0 Å². The van der Waals surface area contributed by atoms with E-state index < -0.39 is 74.2 Å². The lowest BCUT2D eigenvalue weighted by molar-refractivity contribution is -0.179. The third-order valence-corrected chi connectivity index (χ3v) is 3.20. The first kappa shape index (κ1) is 25.7. The van der Waals surface area contributed by atoms with Gasteiger partial charge in [-0.05, 0) is 0 Å². The average Bonchev–Trinajstić information content (AvgIpc) is 2.54. The molecule has 2 unspecified atom stereocenters. The van der Waals surface area contributed by atoms with E-state index in [1.165, 1.54) is 0 Å². The van der Waals surface area contributed by atoms with Crippen molar-refractivity contribution in [3.8, 4) is 0 Å². The van der Waals surface area contributed by atoms with Gasteiger partial charge in [0, 0.05) is 13.1 Å². The van der Waals surface area contributed by atoms with E-state index >= 15 is 0 Å². The van der Waals surface area contributed by atoms with Crippen molar-refractivity contribution in [3.05, 3.63) is 0 Å². The average molecular weight is 424 g/mol. The van der Waals surface area contributed by atoms with Crippen LogP contribution in [0.5, 0.6) is 0 Å². The standard InChI is InChI=1S/C14H20N2O13/c17-7(18)3-15(4-8(19)20)1-2-16(5-9(21)22)6-10(23)29-12(14(27)28)11(24)13(25)26/h11-12,24H,1-6H2,(H,17,18)(H,19,20)(H,21,22)(H,25,26)(H,27,28). The third-order valence-electron chi connectivity index (χ3n) is 3.20. The van der Waals surface area contributed by atoms with Crippen LogP contribution in [0.2, 0.25) is 0 Å². The molecule has 0 aromatic carbocycles. The minimum absolute atomic E-state index is 0.279. The lowest BCUT2D eigenvalue weighted by Crippen LogP contribution is -2.46. The Bertz CT molecular complexity index is 633. The van der Waals surface area contributed by atoms with Crippen molar-refractivity contribution < 1.29 is 64.1 Å². The smallest absolute Gasteiger partial charge is 0.348 e. The number of carbonyl (C=O) groups is 6. The molecule has 15 heteroatoms. The highest BCUT2D eigenvalue weighted by Gasteiger charge is 2.36. The zero-order valence-corrected chi connectivity index (χ0v) is 14.8. The van der Waals surface area contributed by atoms with Gasteiger partial charge < -0.3 is 35.4 Å². The molecule has 0 saturated heterocycles. The van der Waals surface area contributed by atoms with Gasteiger partial charge in [0.05, 0.1) is 26.2 Å². The number of carboxylic acid groups (broad SMARTS) is 5. The van der Waals surface area contributed by atoms with Gasteiger partial charge in [-0.1, -0.05) is 0 Å². The van der Waals surface area contributed by atoms with Gasteiger partial charge in [0.15, 0.2) is 6.10 Å². The molecule has 0 bridgehead atoms. The van der Waals surface area contributed by atoms with Crippen LogP contribution in [0.3, 0.4) is 0 Å². The van der Waals surface area contributed by atoms with Crippen LogP contribution < -0.4 is 0 Å². The molecule has 6 N–H and O–H groups in total. The summed E-state index contributed by atoms with van der Waals surface area (Å²) in [6.45, 7) is -3.58. The molecule has 0 rings (SSSR count). The number of nitrogens with zero attached hydrogens (tertiary/aromatic N) is 2. The molecule has 0 heterocycles. The quantitative estimate of drug-likeness (QED) is 0.139. The van der Waals surface area contributed by atoms with Gasteiger partial charge in [0.25, 0.3) is 0 Å². The highest BCUT2D eigenvalue weighted by Crippen LogP contribution is 2.03. The van der Waals surface area contributed by atoms with Crippen LogP contribution >= 0.6 is 0 Å². The first-order valence-corrected chi connectivity index (χ1v) is 7.76. The highest BCUT2D eigenvalue weighted by atomic mass is 16.6. The Morgan fingerprint density at radius 1 is 0.655 bits per heavy atom. The SMILES string of the molecule is O=C(O)CN(CCN(CC(=O)O)CC(=O)OC(C(=O)O)C(O)C(=O)O)CC(=O)O. The number of carboxylic acids is 5. The van der Waals surface area contributed by atoms with Gasteiger partial charge in [-0.25, -0.2) is 9.59 Å². The van der Waals surface area contributed by atoms with Crippen LogP contribution in [0.15, 0.2) is 0 Å². The van der Waals surface area contributed by atoms with Gasteiger partial charge in [-0.15, -0.1) is 0 Å². The molecule has 0 spiro atoms. The molecule has 0 saturated carbocycles. The van der Waals surface area contributed by atoms with E-state index in [2.05, 4.69) is 4.74 Å². The summed E-state index contributed by atoms with van der Waals surface area (Å²) < 4.78 is 4.38. The molecular weight excluding hydrogens is 404 g/mol. The number of aliphatic hydroxyl groups excluding tert-OH is 1. The molecule has 164 valence electrons. The molecule has 0 aliphatic rings. The monoisotopic (exact) mass is 424 g/mol. The number of rotatable bonds is 15. The van der Waals surface area contributed by atoms with Crippen molar-refractivity contribution in [2.24, 2.45) is 0 Å². The summed E-state index contributed by atoms with van der Waals surface area (Å²) in [7, 11) is 0. The maximum atomic E-state index is 11.9. The van der Waals surface area contributed by atoms with Gasteiger partial charge in [0.2, 0.25) is 6.10 Å². The molecule has 0 amide bonds. The van der Waals surface area contributed by atoms with E-state index in [4.69, 9.17) is 25.5 Å². The van der Waals surface area contributed by atoms with E-state index in [0.29, 0.717) is 0 Å². The fraction of sp³-hybridized carbons (Fsp3) is 0.571. The number of carbonyl (C=O) groups excluding carboxylic acids is 1. The Balaban J connectivity index is 5.08. The minimum Gasteiger partial charge on any atom is -0.480 e. The van der Waals surface area contributed by atoms with Crippen molar-refractivity contribution in [3.63, 3.8) is 0 Å². The first-order valence-electron chi connectivity index (χ1n) is 7.76. The molecule has 29 heavy (non-hydrogen) atoms. The zero-order chi connectivity index (χ0) is 22.7. The molecule has 0 aliphatic heterocycles. The fourth-order valence-corrected chi connectivity index (χ4v) is 2.03. The summed E-state index contributed by atoms with van der Waals surface area (Å²) in [6, 6.07) is 0. The Morgan fingerprint density at radius 3 is 1.34 bits per heavy atom. The van der Waals surface area contributed by atoms with Crippen LogP contribution in [0.4, 0.5) is 0 Å². The number of aliphatic hydroxyl groups is 1. The van der Waals surface area contributed by atoms with Crippen LogP contribution in [0, 0.1) is 0 Å². The maximum Gasteiger partial charge on any atom is 0.348 e. The van der Waals surface area contributed by atoms with Gasteiger partial charge in [-0.3, -0.25) is 29.0 Å². The van der Waals surface area contributed by atoms with Crippen LogP contribution in [-0.4, -0.2) is 128 Å². The maximum absolute atomic E-state index is 11.9. The number of aliphatic carboxylic acids is 5. The summed E-state index contributed by atoms with van der Waals surface area (Å²) in [5, 5.41) is 53.1. The molecule has 2 atom stereocenters. The van der Waals surface area contributed by atoms with Crippen molar-refractivity contribution in [2.75, 3.05) is 39.3 Å². The predicted octanol–water partition coefficient (Wildman–Crippen LogP) is -3.71.